The Kier molecular flexibility index (Phi) is 16.0. The van der Waals surface area contributed by atoms with Crippen molar-refractivity contribution in [3.63, 3.8) is 0 Å². The third kappa shape index (κ3) is 14.2. The van der Waals surface area contributed by atoms with Crippen LogP contribution < -0.4 is 0 Å². The lowest BCUT2D eigenvalue weighted by atomic mass is 10.0. The average molecular weight is 1600 g/mol. The Morgan fingerprint density at radius 2 is 0.306 bits per heavy atom. The predicted octanol–water partition coefficient (Wildman–Crippen LogP) is 23.0. The van der Waals surface area contributed by atoms with Gasteiger partial charge in [-0.05, 0) is 360 Å². The maximum Gasteiger partial charge on any atom is 0.0693 e. The van der Waals surface area contributed by atoms with Gasteiger partial charge in [0.1, 0.15) is 0 Å². The lowest BCUT2D eigenvalue weighted by Crippen LogP contribution is -1.88. The van der Waals surface area contributed by atoms with Crippen LogP contribution in [0.1, 0.15) is 136 Å². The molecule has 0 radical (unpaired) electrons. The zero-order chi connectivity index (χ0) is 81.5. The van der Waals surface area contributed by atoms with E-state index in [1.807, 2.05) is 24.3 Å². The van der Waals surface area contributed by atoms with Gasteiger partial charge in [0.25, 0.3) is 0 Å². The van der Waals surface area contributed by atoms with Crippen LogP contribution in [0.2, 0.25) is 0 Å². The van der Waals surface area contributed by atoms with Gasteiger partial charge in [0.15, 0.2) is 0 Å². The van der Waals surface area contributed by atoms with Crippen molar-refractivity contribution in [3.8, 4) is 0 Å². The van der Waals surface area contributed by atoms with E-state index in [0.717, 1.165) is 269 Å². The standard InChI is InChI=1S/C104H70N20/c1-5-69-41-77-17-21-85(113-77)49-97-57(29-89(117-97)45-81-13-9-73(109-81)37-65(1)105-69)25-61-33-93-54-102-63(27-59-31-91-47-83-15-11-75(111-83)39-67-3-7-71(107-67)43-79-19-23-87(115-79)51-99(59)119-91)35-95(123-102)56-104-64(28-60-32-92-48-84-16-12-76(112-84)40-68-4-8-72(108-68)44-80-20-24-88(116-80)52-100(60)120-92)36-96(124-104)55-103-62(34-94(122-103)53-101(61)121-93)26-58-30-90-46-82-14-10-74(110-82)38-66-2-6-70(106-66)42-78-18-22-86(114-78)50-98(58)118-90/h1-24,29-56,105,108,110-111,114-115,117,120,122-123H,25-28H2. The van der Waals surface area contributed by atoms with Crippen LogP contribution in [-0.2, 0) is 25.7 Å². The zero-order valence-corrected chi connectivity index (χ0v) is 66.3. The number of aromatic nitrogens is 20. The number of nitrogens with zero attached hydrogens (tertiary/aromatic N) is 10. The van der Waals surface area contributed by atoms with Crippen molar-refractivity contribution < 1.29 is 0 Å². The van der Waals surface area contributed by atoms with E-state index >= 15 is 0 Å². The molecular weight excluding hydrogens is 1530 g/mol. The number of hydrogen-bond donors (Lipinski definition) is 10. The summed E-state index contributed by atoms with van der Waals surface area (Å²) in [4.78, 5) is 89.5. The van der Waals surface area contributed by atoms with Crippen LogP contribution >= 0.6 is 0 Å². The summed E-state index contributed by atoms with van der Waals surface area (Å²) < 4.78 is 0. The summed E-state index contributed by atoms with van der Waals surface area (Å²) in [5, 5.41) is 0. The Morgan fingerprint density at radius 3 is 0.532 bits per heavy atom. The molecule has 15 aromatic heterocycles. The molecule has 0 saturated carbocycles. The molecule has 0 saturated heterocycles. The smallest absolute Gasteiger partial charge is 0.0693 e. The highest BCUT2D eigenvalue weighted by atomic mass is 14.8. The molecule has 0 aliphatic carbocycles. The van der Waals surface area contributed by atoms with Gasteiger partial charge in [-0.15, -0.1) is 0 Å². The van der Waals surface area contributed by atoms with Crippen molar-refractivity contribution in [3.05, 3.63) is 355 Å². The molecule has 25 heterocycles. The molecule has 0 atom stereocenters. The van der Waals surface area contributed by atoms with Gasteiger partial charge in [-0.3, -0.25) is 0 Å². The van der Waals surface area contributed by atoms with Crippen molar-refractivity contribution in [2.24, 2.45) is 0 Å². The molecule has 15 aromatic rings. The zero-order valence-electron chi connectivity index (χ0n) is 66.3. The summed E-state index contributed by atoms with van der Waals surface area (Å²) >= 11 is 0. The summed E-state index contributed by atoms with van der Waals surface area (Å²) in [5.74, 6) is 0. The minimum absolute atomic E-state index is 0.509. The number of rotatable bonds is 8. The van der Waals surface area contributed by atoms with Gasteiger partial charge in [0.05, 0.1) is 114 Å². The van der Waals surface area contributed by atoms with E-state index in [2.05, 4.69) is 341 Å². The van der Waals surface area contributed by atoms with Gasteiger partial charge in [-0.25, -0.2) is 49.8 Å². The van der Waals surface area contributed by atoms with Crippen LogP contribution in [0.25, 0.3) is 230 Å². The Bertz CT molecular complexity index is 8030. The average Bonchev–Trinajstić information content (AvgIpc) is 1.64. The van der Waals surface area contributed by atoms with E-state index in [-0.39, 0.29) is 0 Å². The van der Waals surface area contributed by atoms with Gasteiger partial charge in [0, 0.05) is 136 Å². The van der Waals surface area contributed by atoms with Crippen LogP contribution in [0.5, 0.6) is 0 Å². The number of aromatic amines is 10. The summed E-state index contributed by atoms with van der Waals surface area (Å²) in [6.07, 6.45) is 35.6. The molecule has 586 valence electrons. The minimum Gasteiger partial charge on any atom is -0.355 e. The molecule has 10 N–H and O–H groups in total. The molecule has 10 aliphatic rings. The molecule has 0 amide bonds. The molecule has 0 fully saturated rings. The molecule has 124 heavy (non-hydrogen) atoms. The monoisotopic (exact) mass is 1600 g/mol. The normalized spacial score (nSPS) is 13.6. The third-order valence-electron chi connectivity index (χ3n) is 23.4. The second-order valence-electron chi connectivity index (χ2n) is 32.6. The van der Waals surface area contributed by atoms with Crippen molar-refractivity contribution in [1.82, 2.24) is 99.7 Å². The highest BCUT2D eigenvalue weighted by Crippen LogP contribution is 2.38. The van der Waals surface area contributed by atoms with Gasteiger partial charge in [-0.1, -0.05) is 0 Å². The number of nitrogens with one attached hydrogen (secondary N) is 10. The van der Waals surface area contributed by atoms with Crippen molar-refractivity contribution >= 4 is 230 Å². The number of allylic oxidation sites excluding steroid dienone is 4. The molecule has 0 aromatic carbocycles. The fourth-order valence-electron chi connectivity index (χ4n) is 17.7. The fourth-order valence-corrected chi connectivity index (χ4v) is 17.7. The van der Waals surface area contributed by atoms with Gasteiger partial charge < -0.3 is 49.8 Å². The van der Waals surface area contributed by atoms with Gasteiger partial charge in [0.2, 0.25) is 0 Å². The van der Waals surface area contributed by atoms with E-state index in [0.29, 0.717) is 25.7 Å². The van der Waals surface area contributed by atoms with Crippen LogP contribution in [0.15, 0.2) is 218 Å². The maximum absolute atomic E-state index is 5.71. The Balaban J connectivity index is 0.691. The lowest BCUT2D eigenvalue weighted by Gasteiger charge is -2.01. The summed E-state index contributed by atoms with van der Waals surface area (Å²) in [6.45, 7) is 0. The lowest BCUT2D eigenvalue weighted by molar-refractivity contribution is 1.25. The molecule has 20 heteroatoms. The molecule has 40 bridgehead atoms. The molecule has 25 rings (SSSR count). The molecule has 0 unspecified atom stereocenters. The van der Waals surface area contributed by atoms with Crippen LogP contribution in [0, 0.1) is 0 Å². The van der Waals surface area contributed by atoms with Gasteiger partial charge in [-0.2, -0.15) is 0 Å². The predicted molar refractivity (Wildman–Crippen MR) is 505 cm³/mol. The highest BCUT2D eigenvalue weighted by molar-refractivity contribution is 5.95. The topological polar surface area (TPSA) is 287 Å². The summed E-state index contributed by atoms with van der Waals surface area (Å²) in [7, 11) is 0. The number of hydrogen-bond acceptors (Lipinski definition) is 10. The van der Waals surface area contributed by atoms with E-state index in [9.17, 15) is 0 Å². The maximum atomic E-state index is 5.71. The van der Waals surface area contributed by atoms with E-state index in [4.69, 9.17) is 49.8 Å². The highest BCUT2D eigenvalue weighted by Gasteiger charge is 2.23. The fraction of sp³-hybridized carbons (Fsp3) is 0.0385. The van der Waals surface area contributed by atoms with Gasteiger partial charge >= 0.3 is 0 Å². The number of H-pyrrole nitrogens is 10. The third-order valence-corrected chi connectivity index (χ3v) is 23.4. The van der Waals surface area contributed by atoms with Crippen LogP contribution in [0.3, 0.4) is 0 Å². The van der Waals surface area contributed by atoms with E-state index in [1.54, 1.807) is 0 Å². The molecule has 10 aliphatic heterocycles. The summed E-state index contributed by atoms with van der Waals surface area (Å²) in [5.41, 5.74) is 43.5. The minimum atomic E-state index is 0.509. The Hall–Kier alpha value is -17.0. The Labute approximate surface area is 705 Å². The number of fused-ring (bicyclic) bond motifs is 40. The second kappa shape index (κ2) is 28.4. The largest absolute Gasteiger partial charge is 0.355 e. The van der Waals surface area contributed by atoms with E-state index < -0.39 is 0 Å². The van der Waals surface area contributed by atoms with E-state index in [1.165, 1.54) is 0 Å². The molecular formula is C104H70N20. The second-order valence-corrected chi connectivity index (χ2v) is 32.6. The summed E-state index contributed by atoms with van der Waals surface area (Å²) in [6, 6.07) is 76.3. The first-order valence-corrected chi connectivity index (χ1v) is 41.4. The van der Waals surface area contributed by atoms with Crippen molar-refractivity contribution in [1.29, 1.82) is 0 Å². The SMILES string of the molecule is C1=Cc2cc3cc(CC4=Cc5cc6[nH]c(cc7nc(cc8[nH]c(cc4n5)cc8CC4=Cc5cc8ccc(cc9nc(cc%10ccc(cc4n5)[nH]%10)C=C9)[nH]8)C=C7Cc4cc5cc7nc(cc8ccc(cc9nc(cc4[nH]5)C=C9)[nH]8)C=C7)cc6CC4=Cc5cc6ccc(cc7nc(cc8ccc(cc4n5)[nH]8)C=C7)[nH]6)c(cc4nc(cc5ccc(cc1n2)[nH]5)C=C4)[nH]3. The first kappa shape index (κ1) is 70.1. The van der Waals surface area contributed by atoms with Crippen LogP contribution in [0.4, 0.5) is 0 Å². The molecule has 0 spiro atoms. The van der Waals surface area contributed by atoms with Crippen LogP contribution in [-0.4, -0.2) is 99.7 Å². The quantitative estimate of drug-likeness (QED) is 0.0686. The molecule has 20 nitrogen and oxygen atoms in total. The van der Waals surface area contributed by atoms with Crippen molar-refractivity contribution in [2.75, 3.05) is 0 Å². The first-order chi connectivity index (χ1) is 60.9. The van der Waals surface area contributed by atoms with Crippen molar-refractivity contribution in [2.45, 2.75) is 25.7 Å². The Morgan fingerprint density at radius 1 is 0.145 bits per heavy atom. The first-order valence-electron chi connectivity index (χ1n) is 41.4.